The molecule has 1 atom stereocenters. The molecule has 26 heavy (non-hydrogen) atoms. The highest BCUT2D eigenvalue weighted by Gasteiger charge is 2.19. The summed E-state index contributed by atoms with van der Waals surface area (Å²) in [6.07, 6.45) is 0. The number of ether oxygens (including phenoxy) is 1. The predicted octanol–water partition coefficient (Wildman–Crippen LogP) is 4.59. The second-order valence-corrected chi connectivity index (χ2v) is 7.50. The van der Waals surface area contributed by atoms with E-state index in [9.17, 15) is 4.79 Å². The fourth-order valence-electron chi connectivity index (χ4n) is 2.59. The minimum atomic E-state index is -0.138. The van der Waals surface area contributed by atoms with Crippen molar-refractivity contribution in [2.75, 3.05) is 26.0 Å². The summed E-state index contributed by atoms with van der Waals surface area (Å²) in [5, 5.41) is 4.39. The molecular weight excluding hydrogens is 370 g/mol. The number of rotatable bonds is 6. The van der Waals surface area contributed by atoms with Gasteiger partial charge >= 0.3 is 0 Å². The van der Waals surface area contributed by atoms with Gasteiger partial charge in [-0.2, -0.15) is 0 Å². The summed E-state index contributed by atoms with van der Waals surface area (Å²) in [5.74, 6) is 0.436. The molecule has 136 valence electrons. The SMILES string of the molecule is COc1ccc(Cl)cc1NC(=O)CN(C)[C@@H](C)c1nc2ccccc2s1. The van der Waals surface area contributed by atoms with E-state index in [1.165, 1.54) is 0 Å². The second-order valence-electron chi connectivity index (χ2n) is 6.00. The van der Waals surface area contributed by atoms with Gasteiger partial charge in [-0.3, -0.25) is 9.69 Å². The van der Waals surface area contributed by atoms with Gasteiger partial charge in [-0.05, 0) is 44.3 Å². The van der Waals surface area contributed by atoms with Crippen molar-refractivity contribution in [3.63, 3.8) is 0 Å². The summed E-state index contributed by atoms with van der Waals surface area (Å²) in [7, 11) is 3.46. The van der Waals surface area contributed by atoms with E-state index in [0.29, 0.717) is 16.5 Å². The number of likely N-dealkylation sites (N-methyl/N-ethyl adjacent to an activating group) is 1. The zero-order chi connectivity index (χ0) is 18.7. The first-order valence-corrected chi connectivity index (χ1v) is 9.36. The van der Waals surface area contributed by atoms with Crippen LogP contribution >= 0.6 is 22.9 Å². The molecule has 0 spiro atoms. The number of fused-ring (bicyclic) bond motifs is 1. The first-order chi connectivity index (χ1) is 12.5. The van der Waals surface area contributed by atoms with Crippen molar-refractivity contribution in [2.24, 2.45) is 0 Å². The van der Waals surface area contributed by atoms with Gasteiger partial charge < -0.3 is 10.1 Å². The minimum Gasteiger partial charge on any atom is -0.495 e. The van der Waals surface area contributed by atoms with E-state index in [4.69, 9.17) is 16.3 Å². The monoisotopic (exact) mass is 389 g/mol. The van der Waals surface area contributed by atoms with Gasteiger partial charge in [-0.1, -0.05) is 23.7 Å². The molecule has 1 N–H and O–H groups in total. The van der Waals surface area contributed by atoms with Crippen LogP contribution in [-0.2, 0) is 4.79 Å². The van der Waals surface area contributed by atoms with E-state index in [2.05, 4.69) is 16.4 Å². The summed E-state index contributed by atoms with van der Waals surface area (Å²) < 4.78 is 6.41. The molecule has 0 aliphatic rings. The standard InChI is InChI=1S/C19H20ClN3O2S/c1-12(19-22-14-6-4-5-7-17(14)26-19)23(2)11-18(24)21-15-10-13(20)8-9-16(15)25-3/h4-10,12H,11H2,1-3H3,(H,21,24)/t12-/m0/s1. The molecular formula is C19H20ClN3O2S. The number of methoxy groups -OCH3 is 1. The number of carbonyl (C=O) groups is 1. The van der Waals surface area contributed by atoms with Gasteiger partial charge in [0.25, 0.3) is 0 Å². The Hall–Kier alpha value is -2.15. The summed E-state index contributed by atoms with van der Waals surface area (Å²) in [4.78, 5) is 19.1. The lowest BCUT2D eigenvalue weighted by molar-refractivity contribution is -0.117. The number of para-hydroxylation sites is 1. The zero-order valence-electron chi connectivity index (χ0n) is 14.8. The van der Waals surface area contributed by atoms with E-state index in [-0.39, 0.29) is 18.5 Å². The van der Waals surface area contributed by atoms with E-state index in [0.717, 1.165) is 15.2 Å². The van der Waals surface area contributed by atoms with E-state index in [1.54, 1.807) is 36.6 Å². The summed E-state index contributed by atoms with van der Waals surface area (Å²) in [6.45, 7) is 2.28. The molecule has 0 radical (unpaired) electrons. The molecule has 5 nitrogen and oxygen atoms in total. The molecule has 0 aliphatic carbocycles. The van der Waals surface area contributed by atoms with Crippen LogP contribution in [0.25, 0.3) is 10.2 Å². The van der Waals surface area contributed by atoms with Crippen molar-refractivity contribution in [1.82, 2.24) is 9.88 Å². The van der Waals surface area contributed by atoms with Crippen molar-refractivity contribution < 1.29 is 9.53 Å². The first kappa shape index (κ1) is 18.6. The van der Waals surface area contributed by atoms with Crippen LogP contribution in [0.3, 0.4) is 0 Å². The van der Waals surface area contributed by atoms with Crippen molar-refractivity contribution in [3.8, 4) is 5.75 Å². The normalized spacial score (nSPS) is 12.3. The maximum atomic E-state index is 12.4. The van der Waals surface area contributed by atoms with Gasteiger partial charge in [0.05, 0.1) is 35.6 Å². The largest absolute Gasteiger partial charge is 0.495 e. The topological polar surface area (TPSA) is 54.5 Å². The molecule has 0 saturated heterocycles. The molecule has 0 aliphatic heterocycles. The van der Waals surface area contributed by atoms with E-state index < -0.39 is 0 Å². The molecule has 0 fully saturated rings. The molecule has 1 aromatic heterocycles. The number of thiazole rings is 1. The number of amides is 1. The number of aromatic nitrogens is 1. The van der Waals surface area contributed by atoms with Crippen LogP contribution in [0.2, 0.25) is 5.02 Å². The van der Waals surface area contributed by atoms with Crippen LogP contribution in [0.15, 0.2) is 42.5 Å². The maximum absolute atomic E-state index is 12.4. The Balaban J connectivity index is 1.68. The van der Waals surface area contributed by atoms with Gasteiger partial charge in [0.2, 0.25) is 5.91 Å². The second kappa shape index (κ2) is 8.03. The van der Waals surface area contributed by atoms with Crippen LogP contribution in [0.5, 0.6) is 5.75 Å². The fraction of sp³-hybridized carbons (Fsp3) is 0.263. The number of carbonyl (C=O) groups excluding carboxylic acids is 1. The molecule has 3 aromatic rings. The molecule has 0 unspecified atom stereocenters. The third kappa shape index (κ3) is 4.15. The average Bonchev–Trinajstić information content (AvgIpc) is 3.05. The average molecular weight is 390 g/mol. The van der Waals surface area contributed by atoms with Gasteiger partial charge in [-0.15, -0.1) is 11.3 Å². The number of anilines is 1. The number of hydrogen-bond donors (Lipinski definition) is 1. The van der Waals surface area contributed by atoms with Crippen molar-refractivity contribution in [1.29, 1.82) is 0 Å². The Kier molecular flexibility index (Phi) is 5.76. The van der Waals surface area contributed by atoms with Crippen molar-refractivity contribution in [2.45, 2.75) is 13.0 Å². The Morgan fingerprint density at radius 1 is 1.35 bits per heavy atom. The van der Waals surface area contributed by atoms with Crippen LogP contribution in [0.4, 0.5) is 5.69 Å². The number of halogens is 1. The molecule has 7 heteroatoms. The van der Waals surface area contributed by atoms with E-state index >= 15 is 0 Å². The Bertz CT molecular complexity index is 895. The molecule has 0 bridgehead atoms. The fourth-order valence-corrected chi connectivity index (χ4v) is 3.85. The third-order valence-electron chi connectivity index (χ3n) is 4.16. The quantitative estimate of drug-likeness (QED) is 0.669. The molecule has 1 heterocycles. The lowest BCUT2D eigenvalue weighted by Crippen LogP contribution is -2.32. The van der Waals surface area contributed by atoms with Crippen molar-refractivity contribution in [3.05, 3.63) is 52.5 Å². The number of nitrogens with one attached hydrogen (secondary N) is 1. The van der Waals surface area contributed by atoms with Crippen molar-refractivity contribution >= 4 is 44.7 Å². The maximum Gasteiger partial charge on any atom is 0.238 e. The van der Waals surface area contributed by atoms with Crippen LogP contribution in [0.1, 0.15) is 18.0 Å². The molecule has 0 saturated carbocycles. The Morgan fingerprint density at radius 3 is 2.85 bits per heavy atom. The minimum absolute atomic E-state index is 0.0272. The predicted molar refractivity (Wildman–Crippen MR) is 107 cm³/mol. The highest BCUT2D eigenvalue weighted by Crippen LogP contribution is 2.30. The lowest BCUT2D eigenvalue weighted by Gasteiger charge is -2.22. The van der Waals surface area contributed by atoms with Gasteiger partial charge in [-0.25, -0.2) is 4.98 Å². The smallest absolute Gasteiger partial charge is 0.238 e. The first-order valence-electron chi connectivity index (χ1n) is 8.17. The number of benzene rings is 2. The molecule has 3 rings (SSSR count). The van der Waals surface area contributed by atoms with Gasteiger partial charge in [0, 0.05) is 5.02 Å². The summed E-state index contributed by atoms with van der Waals surface area (Å²) in [5.41, 5.74) is 1.55. The summed E-state index contributed by atoms with van der Waals surface area (Å²) >= 11 is 7.66. The van der Waals surface area contributed by atoms with Crippen LogP contribution in [-0.4, -0.2) is 36.5 Å². The molecule has 2 aromatic carbocycles. The van der Waals surface area contributed by atoms with Gasteiger partial charge in [0.1, 0.15) is 10.8 Å². The van der Waals surface area contributed by atoms with Crippen LogP contribution in [0, 0.1) is 0 Å². The number of hydrogen-bond acceptors (Lipinski definition) is 5. The van der Waals surface area contributed by atoms with Gasteiger partial charge in [0.15, 0.2) is 0 Å². The summed E-state index contributed by atoms with van der Waals surface area (Å²) in [6, 6.07) is 13.2. The third-order valence-corrected chi connectivity index (χ3v) is 5.60. The van der Waals surface area contributed by atoms with E-state index in [1.807, 2.05) is 37.1 Å². The highest BCUT2D eigenvalue weighted by atomic mass is 35.5. The Morgan fingerprint density at radius 2 is 2.12 bits per heavy atom. The Labute approximate surface area is 161 Å². The zero-order valence-corrected chi connectivity index (χ0v) is 16.4. The number of nitrogens with zero attached hydrogens (tertiary/aromatic N) is 2. The lowest BCUT2D eigenvalue weighted by atomic mass is 10.2. The molecule has 1 amide bonds. The highest BCUT2D eigenvalue weighted by molar-refractivity contribution is 7.18. The van der Waals surface area contributed by atoms with Crippen LogP contribution < -0.4 is 10.1 Å².